The summed E-state index contributed by atoms with van der Waals surface area (Å²) in [5, 5.41) is 10.6. The van der Waals surface area contributed by atoms with Gasteiger partial charge in [-0.05, 0) is 142 Å². The van der Waals surface area contributed by atoms with Crippen molar-refractivity contribution in [1.29, 1.82) is 0 Å². The van der Waals surface area contributed by atoms with Gasteiger partial charge in [0.25, 0.3) is 30.1 Å². The molecule has 6 aliphatic heterocycles. The molecule has 9 aromatic rings. The minimum Gasteiger partial charge on any atom is -0.493 e. The van der Waals surface area contributed by atoms with E-state index < -0.39 is 158 Å². The summed E-state index contributed by atoms with van der Waals surface area (Å²) in [5.74, 6) is -10.1. The number of alkyl halides is 9. The Morgan fingerprint density at radius 3 is 1.06 bits per heavy atom. The van der Waals surface area contributed by atoms with Gasteiger partial charge in [-0.25, -0.2) is 61.0 Å². The van der Waals surface area contributed by atoms with Gasteiger partial charge in [-0.15, -0.1) is 10.2 Å². The van der Waals surface area contributed by atoms with Crippen molar-refractivity contribution >= 4 is 58.2 Å². The van der Waals surface area contributed by atoms with Crippen molar-refractivity contribution < 1.29 is 114 Å². The molecule has 0 bridgehead atoms. The third-order valence-electron chi connectivity index (χ3n) is 20.6. The van der Waals surface area contributed by atoms with Gasteiger partial charge in [0.1, 0.15) is 90.2 Å². The normalized spacial score (nSPS) is 22.6. The van der Waals surface area contributed by atoms with E-state index in [-0.39, 0.29) is 112 Å². The molecule has 9 heterocycles. The summed E-state index contributed by atoms with van der Waals surface area (Å²) < 4.78 is 327. The topological polar surface area (TPSA) is 241 Å². The fourth-order valence-corrected chi connectivity index (χ4v) is 19.2. The first-order chi connectivity index (χ1) is 53.5. The fourth-order valence-electron chi connectivity index (χ4n) is 15.2. The first-order valence-electron chi connectivity index (χ1n) is 35.0. The Kier molecular flexibility index (Phi) is 23.7. The van der Waals surface area contributed by atoms with Crippen LogP contribution in [-0.2, 0) is 30.1 Å². The van der Waals surface area contributed by atoms with Crippen LogP contribution in [-0.4, -0.2) is 118 Å². The van der Waals surface area contributed by atoms with Crippen molar-refractivity contribution in [1.82, 2.24) is 35.0 Å². The smallest absolute Gasteiger partial charge is 0.391 e. The molecule has 6 aromatic carbocycles. The van der Waals surface area contributed by atoms with E-state index in [4.69, 9.17) is 14.2 Å². The van der Waals surface area contributed by atoms with Crippen LogP contribution in [0, 0.1) is 58.5 Å². The Balaban J connectivity index is 0.000000148. The first kappa shape index (κ1) is 81.7. The first-order valence-corrected chi connectivity index (χ1v) is 40.3. The largest absolute Gasteiger partial charge is 0.493 e. The van der Waals surface area contributed by atoms with Crippen LogP contribution < -0.4 is 28.4 Å². The van der Waals surface area contributed by atoms with Crippen molar-refractivity contribution in [2.45, 2.75) is 127 Å². The molecule has 0 unspecified atom stereocenters. The zero-order chi connectivity index (χ0) is 80.7. The number of piperidine rings is 3. The number of nitrogens with zero attached hydrogens (tertiary/aromatic N) is 7. The highest BCUT2D eigenvalue weighted by molar-refractivity contribution is 7.93. The van der Waals surface area contributed by atoms with Crippen LogP contribution in [0.4, 0.5) is 87.0 Å². The predicted octanol–water partition coefficient (Wildman–Crippen LogP) is 17.2. The Morgan fingerprint density at radius 1 is 0.407 bits per heavy atom. The van der Waals surface area contributed by atoms with Crippen LogP contribution in [0.25, 0.3) is 0 Å². The van der Waals surface area contributed by atoms with E-state index in [1.165, 1.54) is 84.4 Å². The molecule has 0 aliphatic carbocycles. The molecule has 604 valence electrons. The molecule has 3 fully saturated rings. The lowest BCUT2D eigenvalue weighted by molar-refractivity contribution is -0.193. The number of hydrogen-bond donors (Lipinski definition) is 3. The number of likely N-dealkylation sites (tertiary alicyclic amines) is 3. The van der Waals surface area contributed by atoms with Crippen LogP contribution in [0.2, 0.25) is 0 Å². The molecular formula is C73H66F16N10O10S4. The van der Waals surface area contributed by atoms with Crippen molar-refractivity contribution in [3.05, 3.63) is 219 Å². The van der Waals surface area contributed by atoms with E-state index in [1.807, 2.05) is 14.7 Å². The zero-order valence-corrected chi connectivity index (χ0v) is 61.8. The Hall–Kier alpha value is -9.35. The van der Waals surface area contributed by atoms with E-state index >= 15 is 13.2 Å². The molecule has 0 amide bonds. The quantitative estimate of drug-likeness (QED) is 0.0808. The molecule has 20 nitrogen and oxygen atoms in total. The van der Waals surface area contributed by atoms with Crippen LogP contribution in [0.5, 0.6) is 17.2 Å². The van der Waals surface area contributed by atoms with E-state index in [9.17, 15) is 82.3 Å². The van der Waals surface area contributed by atoms with Crippen molar-refractivity contribution in [2.75, 3.05) is 53.6 Å². The molecule has 0 radical (unpaired) electrons. The number of ether oxygens (including phenoxy) is 3. The summed E-state index contributed by atoms with van der Waals surface area (Å²) >= 11 is 0.923. The molecule has 3 saturated heterocycles. The maximum atomic E-state index is 15.3. The molecule has 15 rings (SSSR count). The van der Waals surface area contributed by atoms with E-state index in [0.717, 1.165) is 72.3 Å². The third kappa shape index (κ3) is 18.6. The Morgan fingerprint density at radius 2 is 0.752 bits per heavy atom. The summed E-state index contributed by atoms with van der Waals surface area (Å²) in [6.45, 7) is 0.583. The molecule has 0 spiro atoms. The Labute approximate surface area is 639 Å². The van der Waals surface area contributed by atoms with Gasteiger partial charge in [-0.3, -0.25) is 28.9 Å². The van der Waals surface area contributed by atoms with Gasteiger partial charge in [-0.1, -0.05) is 52.9 Å². The van der Waals surface area contributed by atoms with E-state index in [2.05, 4.69) is 39.0 Å². The van der Waals surface area contributed by atoms with Gasteiger partial charge in [0, 0.05) is 96.5 Å². The van der Waals surface area contributed by atoms with E-state index in [1.54, 1.807) is 0 Å². The number of halogens is 16. The van der Waals surface area contributed by atoms with Crippen molar-refractivity contribution in [3.63, 3.8) is 0 Å². The third-order valence-corrected chi connectivity index (χ3v) is 25.4. The highest BCUT2D eigenvalue weighted by Gasteiger charge is 2.51. The summed E-state index contributed by atoms with van der Waals surface area (Å²) in [6.07, 6.45) is -11.4. The number of fused-ring (bicyclic) bond motifs is 3. The molecular weight excluding hydrogens is 1610 g/mol. The number of aromatic nitrogens is 4. The lowest BCUT2D eigenvalue weighted by atomic mass is 9.84. The monoisotopic (exact) mass is 1670 g/mol. The Bertz CT molecular complexity index is 4990. The van der Waals surface area contributed by atoms with Gasteiger partial charge in [0.2, 0.25) is 5.13 Å². The lowest BCUT2D eigenvalue weighted by Gasteiger charge is -2.46. The van der Waals surface area contributed by atoms with Gasteiger partial charge in [0.05, 0.1) is 43.8 Å². The second-order valence-corrected chi connectivity index (χ2v) is 33.2. The number of hydrogen-bond acceptors (Lipinski definition) is 18. The lowest BCUT2D eigenvalue weighted by Crippen LogP contribution is -2.44. The number of anilines is 3. The summed E-state index contributed by atoms with van der Waals surface area (Å²) in [5.41, 5.74) is 3.82. The average Bonchev–Trinajstić information content (AvgIpc) is 1.10. The SMILES string of the molecule is O=S(=O)(Nc1ccc(F)cn1)c1cc2c(cc1F)[C@@H](N1CC[C@@H](C(F)(F)F)C[C@H]1c1ccc(F)cc1)CCO2.O=S(=O)(Nc1ccon1)c1cc2c(cc1F)[C@@H](N1CC[C@@H](C(F)(F)F)C[C@H]1c1ccc(F)cc1)CCO2.O=S(=O)(Nc1nncs1)c1cc2c(cc1F)[C@@H](N1CC[C@@H](C(F)(F)F)C[C@H]1c1ccc(F)cc1)CCO2. The number of benzene rings is 6. The van der Waals surface area contributed by atoms with Gasteiger partial charge in [-0.2, -0.15) is 39.5 Å². The fraction of sp³-hybridized carbons (Fsp3) is 0.370. The summed E-state index contributed by atoms with van der Waals surface area (Å²) in [4.78, 5) is 7.10. The van der Waals surface area contributed by atoms with Crippen LogP contribution in [0.3, 0.4) is 0 Å². The number of nitrogens with one attached hydrogen (secondary N) is 3. The molecule has 40 heteroatoms. The number of rotatable bonds is 15. The number of sulfonamides is 3. The molecule has 6 aliphatic rings. The zero-order valence-electron chi connectivity index (χ0n) is 58.6. The highest BCUT2D eigenvalue weighted by atomic mass is 32.2. The summed E-state index contributed by atoms with van der Waals surface area (Å²) in [7, 11) is -13.2. The van der Waals surface area contributed by atoms with Crippen LogP contribution in [0.15, 0.2) is 165 Å². The van der Waals surface area contributed by atoms with Crippen molar-refractivity contribution in [3.8, 4) is 17.2 Å². The maximum Gasteiger partial charge on any atom is 0.391 e. The standard InChI is InChI=1S/C26H23F6N3O3S.C24H22F5N3O4S.C23H21F5N4O3S2/c27-17-3-1-15(2-4-17)22-11-16(26(30,31)32)7-9-35(22)21-8-10-38-23-13-24(20(29)12-19(21)23)39(36,37)34-25-6-5-18(28)14-33-25;25-16-3-1-14(2-4-16)20-11-15(24(27,28)29)5-8-32(20)19-6-9-35-21-13-22(18(26)12-17(19)21)37(33,34)31-23-7-10-36-30-23;24-15-3-1-13(2-4-15)19-9-14(23(26,27)28)5-7-32(19)18-6-8-35-20-11-21(17(25)10-16(18)20)37(33,34)31-22-30-29-12-36-22/h1-6,12-14,16,21-22H,7-11H2,(H,33,34);1-4,7,10,12-13,15,19-20H,5-6,8-9,11H2,(H,30,31);1-4,10-12,14,18-19H,5-9H2,(H,30,31)/t16-,21+,22+;15-,19+,20+;14-,18+,19+/m111/s1. The summed E-state index contributed by atoms with van der Waals surface area (Å²) in [6, 6.07) is 21.7. The average molecular weight is 1680 g/mol. The minimum atomic E-state index is -4.48. The minimum absolute atomic E-state index is 0.0365. The molecule has 9 atom stereocenters. The second-order valence-electron chi connectivity index (χ2n) is 27.4. The maximum absolute atomic E-state index is 15.3. The highest BCUT2D eigenvalue weighted by Crippen LogP contribution is 2.53. The van der Waals surface area contributed by atoms with Crippen LogP contribution >= 0.6 is 11.3 Å². The van der Waals surface area contributed by atoms with Gasteiger partial charge in [0.15, 0.2) is 5.82 Å². The van der Waals surface area contributed by atoms with Crippen LogP contribution in [0.1, 0.15) is 127 Å². The molecule has 3 N–H and O–H groups in total. The number of pyridine rings is 1. The predicted molar refractivity (Wildman–Crippen MR) is 375 cm³/mol. The van der Waals surface area contributed by atoms with E-state index in [0.29, 0.717) is 52.6 Å². The molecule has 0 saturated carbocycles. The molecule has 113 heavy (non-hydrogen) atoms. The van der Waals surface area contributed by atoms with Gasteiger partial charge < -0.3 is 18.7 Å². The molecule has 3 aromatic heterocycles. The second kappa shape index (κ2) is 32.9. The van der Waals surface area contributed by atoms with Crippen molar-refractivity contribution in [2.24, 2.45) is 17.8 Å². The van der Waals surface area contributed by atoms with Gasteiger partial charge >= 0.3 is 18.5 Å².